The number of carbonyl (C=O) groups is 1. The van der Waals surface area contributed by atoms with Gasteiger partial charge in [-0.1, -0.05) is 31.2 Å². The van der Waals surface area contributed by atoms with Crippen LogP contribution in [0.3, 0.4) is 0 Å². The minimum atomic E-state index is -3.30. The Balaban J connectivity index is 1.37. The fourth-order valence-electron chi connectivity index (χ4n) is 4.70. The molecule has 11 heteroatoms. The van der Waals surface area contributed by atoms with E-state index in [9.17, 15) is 13.2 Å². The second kappa shape index (κ2) is 9.38. The van der Waals surface area contributed by atoms with Crippen LogP contribution in [0.25, 0.3) is 22.3 Å². The summed E-state index contributed by atoms with van der Waals surface area (Å²) in [6, 6.07) is 10.0. The first-order valence-corrected chi connectivity index (χ1v) is 13.6. The third kappa shape index (κ3) is 4.91. The zero-order chi connectivity index (χ0) is 25.5. The lowest BCUT2D eigenvalue weighted by Gasteiger charge is -2.48. The number of rotatable bonds is 6. The van der Waals surface area contributed by atoms with E-state index in [0.717, 1.165) is 5.56 Å². The van der Waals surface area contributed by atoms with Gasteiger partial charge in [-0.3, -0.25) is 9.78 Å². The highest BCUT2D eigenvalue weighted by Crippen LogP contribution is 2.35. The lowest BCUT2D eigenvalue weighted by Crippen LogP contribution is -2.59. The Hall–Kier alpha value is -3.15. The smallest absolute Gasteiger partial charge is 0.242 e. The van der Waals surface area contributed by atoms with Crippen LogP contribution in [0.15, 0.2) is 42.7 Å². The van der Waals surface area contributed by atoms with Gasteiger partial charge < -0.3 is 14.4 Å². The number of hydrogen-bond donors (Lipinski definition) is 0. The van der Waals surface area contributed by atoms with Crippen molar-refractivity contribution in [2.75, 3.05) is 45.6 Å². The maximum atomic E-state index is 11.9. The van der Waals surface area contributed by atoms with Crippen LogP contribution in [0.1, 0.15) is 19.4 Å². The molecule has 0 radical (unpaired) electrons. The van der Waals surface area contributed by atoms with Crippen molar-refractivity contribution in [3.8, 4) is 17.1 Å². The SMILES string of the molecule is CC(=O)N1CC(C)(c2ccc(-c3cc4nccnc4c(OC[C@@H]4CN(S(C)(=O)=O)CCO4)n3)cc2)C1. The molecule has 36 heavy (non-hydrogen) atoms. The Bertz CT molecular complexity index is 1390. The molecule has 2 aliphatic heterocycles. The molecule has 1 amide bonds. The summed E-state index contributed by atoms with van der Waals surface area (Å²) >= 11 is 0. The molecule has 4 heterocycles. The second-order valence-electron chi connectivity index (χ2n) is 9.67. The molecular formula is C25H29N5O5S. The molecule has 1 aromatic carbocycles. The number of morpholine rings is 1. The van der Waals surface area contributed by atoms with Gasteiger partial charge in [0.2, 0.25) is 21.8 Å². The molecule has 0 unspecified atom stereocenters. The Morgan fingerprint density at radius 2 is 1.92 bits per heavy atom. The number of nitrogens with zero attached hydrogens (tertiary/aromatic N) is 5. The molecule has 0 bridgehead atoms. The van der Waals surface area contributed by atoms with E-state index in [2.05, 4.69) is 29.0 Å². The van der Waals surface area contributed by atoms with Crippen LogP contribution in [0, 0.1) is 0 Å². The van der Waals surface area contributed by atoms with Gasteiger partial charge in [-0.25, -0.2) is 18.4 Å². The quantitative estimate of drug-likeness (QED) is 0.493. The zero-order valence-corrected chi connectivity index (χ0v) is 21.4. The Kier molecular flexibility index (Phi) is 6.39. The Labute approximate surface area is 210 Å². The molecule has 0 spiro atoms. The first-order valence-electron chi connectivity index (χ1n) is 11.8. The van der Waals surface area contributed by atoms with Gasteiger partial charge in [-0.15, -0.1) is 0 Å². The average molecular weight is 512 g/mol. The molecule has 10 nitrogen and oxygen atoms in total. The van der Waals surface area contributed by atoms with E-state index in [4.69, 9.17) is 14.5 Å². The van der Waals surface area contributed by atoms with Gasteiger partial charge in [0.25, 0.3) is 0 Å². The number of amides is 1. The number of aromatic nitrogens is 3. The molecule has 2 aliphatic rings. The van der Waals surface area contributed by atoms with Gasteiger partial charge >= 0.3 is 0 Å². The summed E-state index contributed by atoms with van der Waals surface area (Å²) < 4.78 is 37.0. The van der Waals surface area contributed by atoms with Crippen LogP contribution in [0.5, 0.6) is 5.88 Å². The minimum absolute atomic E-state index is 0.0550. The highest BCUT2D eigenvalue weighted by molar-refractivity contribution is 7.88. The van der Waals surface area contributed by atoms with Gasteiger partial charge in [0.1, 0.15) is 12.7 Å². The van der Waals surface area contributed by atoms with Crippen LogP contribution in [-0.4, -0.2) is 90.2 Å². The van der Waals surface area contributed by atoms with E-state index in [0.29, 0.717) is 48.8 Å². The molecule has 2 fully saturated rings. The second-order valence-corrected chi connectivity index (χ2v) is 11.7. The number of hydrogen-bond acceptors (Lipinski definition) is 8. The third-order valence-corrected chi connectivity index (χ3v) is 8.07. The van der Waals surface area contributed by atoms with Crippen LogP contribution >= 0.6 is 0 Å². The average Bonchev–Trinajstić information content (AvgIpc) is 2.85. The summed E-state index contributed by atoms with van der Waals surface area (Å²) in [6.45, 7) is 6.19. The van der Waals surface area contributed by atoms with Crippen LogP contribution < -0.4 is 4.74 Å². The van der Waals surface area contributed by atoms with Crippen LogP contribution in [0.2, 0.25) is 0 Å². The molecule has 5 rings (SSSR count). The lowest BCUT2D eigenvalue weighted by molar-refractivity contribution is -0.136. The molecule has 190 valence electrons. The van der Waals surface area contributed by atoms with Crippen LogP contribution in [0.4, 0.5) is 0 Å². The van der Waals surface area contributed by atoms with E-state index in [1.165, 1.54) is 16.1 Å². The fraction of sp³-hybridized carbons (Fsp3) is 0.440. The zero-order valence-electron chi connectivity index (χ0n) is 20.5. The highest BCUT2D eigenvalue weighted by Gasteiger charge is 2.41. The van der Waals surface area contributed by atoms with Crippen molar-refractivity contribution < 1.29 is 22.7 Å². The molecule has 0 aliphatic carbocycles. The van der Waals surface area contributed by atoms with Crippen molar-refractivity contribution in [3.05, 3.63) is 48.3 Å². The maximum Gasteiger partial charge on any atom is 0.242 e. The van der Waals surface area contributed by atoms with Gasteiger partial charge in [0, 0.05) is 56.5 Å². The monoisotopic (exact) mass is 511 g/mol. The van der Waals surface area contributed by atoms with Gasteiger partial charge in [0.15, 0.2) is 5.52 Å². The first kappa shape index (κ1) is 24.5. The maximum absolute atomic E-state index is 11.9. The van der Waals surface area contributed by atoms with Crippen molar-refractivity contribution in [2.45, 2.75) is 25.4 Å². The van der Waals surface area contributed by atoms with E-state index < -0.39 is 16.1 Å². The molecule has 3 aromatic rings. The first-order chi connectivity index (χ1) is 17.1. The van der Waals surface area contributed by atoms with Crippen molar-refractivity contribution >= 4 is 27.0 Å². The summed E-state index contributed by atoms with van der Waals surface area (Å²) in [5.41, 5.74) is 3.88. The fourth-order valence-corrected chi connectivity index (χ4v) is 5.55. The minimum Gasteiger partial charge on any atom is -0.473 e. The lowest BCUT2D eigenvalue weighted by atomic mass is 9.75. The standard InChI is InChI=1S/C25H29N5O5S/c1-17(31)29-15-25(2,16-29)19-6-4-18(5-7-19)21-12-22-23(27-9-8-26-22)24(28-21)35-14-20-13-30(10-11-34-20)36(3,32)33/h4-9,12,20H,10-11,13-16H2,1-3H3/t20-/m0/s1. The van der Waals surface area contributed by atoms with Crippen molar-refractivity contribution in [1.29, 1.82) is 0 Å². The van der Waals surface area contributed by atoms with Gasteiger partial charge in [0.05, 0.1) is 24.1 Å². The predicted octanol–water partition coefficient (Wildman–Crippen LogP) is 1.85. The largest absolute Gasteiger partial charge is 0.473 e. The van der Waals surface area contributed by atoms with Crippen molar-refractivity contribution in [3.63, 3.8) is 0 Å². The molecular weight excluding hydrogens is 482 g/mol. The van der Waals surface area contributed by atoms with Crippen molar-refractivity contribution in [1.82, 2.24) is 24.2 Å². The van der Waals surface area contributed by atoms with E-state index in [-0.39, 0.29) is 24.5 Å². The number of carbonyl (C=O) groups excluding carboxylic acids is 1. The number of likely N-dealkylation sites (tertiary alicyclic amines) is 1. The van der Waals surface area contributed by atoms with Gasteiger partial charge in [-0.2, -0.15) is 4.31 Å². The summed E-state index contributed by atoms with van der Waals surface area (Å²) in [6.07, 6.45) is 3.98. The number of pyridine rings is 1. The van der Waals surface area contributed by atoms with Crippen molar-refractivity contribution in [2.24, 2.45) is 0 Å². The predicted molar refractivity (Wildman–Crippen MR) is 134 cm³/mol. The van der Waals surface area contributed by atoms with E-state index in [1.54, 1.807) is 19.3 Å². The van der Waals surface area contributed by atoms with Gasteiger partial charge in [-0.05, 0) is 11.6 Å². The molecule has 1 atom stereocenters. The highest BCUT2D eigenvalue weighted by atomic mass is 32.2. The number of benzene rings is 1. The molecule has 2 saturated heterocycles. The summed E-state index contributed by atoms with van der Waals surface area (Å²) in [4.78, 5) is 27.0. The summed E-state index contributed by atoms with van der Waals surface area (Å²) in [5, 5.41) is 0. The normalized spacial score (nSPS) is 20.2. The number of fused-ring (bicyclic) bond motifs is 1. The summed E-state index contributed by atoms with van der Waals surface area (Å²) in [5.74, 6) is 0.420. The van der Waals surface area contributed by atoms with Crippen LogP contribution in [-0.2, 0) is 25.0 Å². The molecule has 2 aromatic heterocycles. The van der Waals surface area contributed by atoms with E-state index in [1.807, 2.05) is 23.1 Å². The number of ether oxygens (including phenoxy) is 2. The molecule has 0 saturated carbocycles. The third-order valence-electron chi connectivity index (χ3n) is 6.80. The number of sulfonamides is 1. The topological polar surface area (TPSA) is 115 Å². The Morgan fingerprint density at radius 1 is 1.19 bits per heavy atom. The molecule has 0 N–H and O–H groups in total. The van der Waals surface area contributed by atoms with E-state index >= 15 is 0 Å². The summed E-state index contributed by atoms with van der Waals surface area (Å²) in [7, 11) is -3.30. The Morgan fingerprint density at radius 3 is 2.61 bits per heavy atom.